The normalized spacial score (nSPS) is 19.8. The van der Waals surface area contributed by atoms with Crippen molar-refractivity contribution in [1.82, 2.24) is 0 Å². The predicted molar refractivity (Wildman–Crippen MR) is 61.9 cm³/mol. The molecule has 2 heteroatoms. The largest absolute Gasteiger partial charge is 0.290 e. The third-order valence-corrected chi connectivity index (χ3v) is 3.55. The summed E-state index contributed by atoms with van der Waals surface area (Å²) in [6.07, 6.45) is 7.60. The lowest BCUT2D eigenvalue weighted by Gasteiger charge is -2.31. The fraction of sp³-hybridized carbons (Fsp3) is 0.462. The van der Waals surface area contributed by atoms with Crippen LogP contribution < -0.4 is 0 Å². The average molecular weight is 222 g/mol. The van der Waals surface area contributed by atoms with E-state index < -0.39 is 0 Å². The fourth-order valence-electron chi connectivity index (χ4n) is 2.37. The van der Waals surface area contributed by atoms with E-state index in [9.17, 15) is 4.79 Å². The molecule has 0 bridgehead atoms. The maximum atomic E-state index is 11.2. The molecule has 0 N–H and O–H groups in total. The van der Waals surface area contributed by atoms with Crippen molar-refractivity contribution in [3.63, 3.8) is 0 Å². The maximum absolute atomic E-state index is 11.2. The van der Waals surface area contributed by atoms with E-state index in [1.165, 1.54) is 6.42 Å². The van der Waals surface area contributed by atoms with E-state index in [2.05, 4.69) is 6.29 Å². The number of carbonyl (C=O) groups excluding carboxylic acids is 1. The van der Waals surface area contributed by atoms with Crippen molar-refractivity contribution in [2.45, 2.75) is 37.5 Å². The first kappa shape index (κ1) is 10.7. The second kappa shape index (κ2) is 4.36. The lowest BCUT2D eigenvalue weighted by atomic mass is 9.70. The summed E-state index contributed by atoms with van der Waals surface area (Å²) in [5.41, 5.74) is 0.713. The van der Waals surface area contributed by atoms with Crippen LogP contribution in [0.15, 0.2) is 24.3 Å². The van der Waals surface area contributed by atoms with Crippen LogP contribution in [-0.2, 0) is 10.2 Å². The SMILES string of the molecule is O=[C]C1(c2ccc(Cl)cc2)CCCCC1. The van der Waals surface area contributed by atoms with Crippen molar-refractivity contribution in [3.05, 3.63) is 34.9 Å². The van der Waals surface area contributed by atoms with Crippen LogP contribution >= 0.6 is 11.6 Å². The molecule has 1 aliphatic carbocycles. The molecular formula is C13H14ClO. The van der Waals surface area contributed by atoms with E-state index in [-0.39, 0.29) is 5.41 Å². The molecule has 1 nitrogen and oxygen atoms in total. The topological polar surface area (TPSA) is 17.1 Å². The zero-order valence-electron chi connectivity index (χ0n) is 8.63. The lowest BCUT2D eigenvalue weighted by molar-refractivity contribution is 0.361. The summed E-state index contributed by atoms with van der Waals surface area (Å²) in [6, 6.07) is 7.62. The van der Waals surface area contributed by atoms with Crippen LogP contribution in [0, 0.1) is 0 Å². The zero-order valence-corrected chi connectivity index (χ0v) is 9.39. The molecule has 0 amide bonds. The summed E-state index contributed by atoms with van der Waals surface area (Å²) in [7, 11) is 0. The van der Waals surface area contributed by atoms with Gasteiger partial charge in [0.2, 0.25) is 6.29 Å². The van der Waals surface area contributed by atoms with E-state index in [0.29, 0.717) is 0 Å². The highest BCUT2D eigenvalue weighted by molar-refractivity contribution is 6.30. The van der Waals surface area contributed by atoms with Gasteiger partial charge >= 0.3 is 0 Å². The minimum atomic E-state index is -0.358. The van der Waals surface area contributed by atoms with Crippen molar-refractivity contribution in [1.29, 1.82) is 0 Å². The molecule has 79 valence electrons. The Hall–Kier alpha value is -0.820. The van der Waals surface area contributed by atoms with Gasteiger partial charge in [-0.25, -0.2) is 0 Å². The molecule has 1 aliphatic rings. The molecule has 2 rings (SSSR count). The van der Waals surface area contributed by atoms with E-state index in [4.69, 9.17) is 11.6 Å². The van der Waals surface area contributed by atoms with Crippen molar-refractivity contribution in [2.24, 2.45) is 0 Å². The molecule has 15 heavy (non-hydrogen) atoms. The summed E-state index contributed by atoms with van der Waals surface area (Å²) < 4.78 is 0. The Labute approximate surface area is 95.4 Å². The summed E-state index contributed by atoms with van der Waals surface area (Å²) >= 11 is 5.84. The van der Waals surface area contributed by atoms with Gasteiger partial charge < -0.3 is 0 Å². The summed E-state index contributed by atoms with van der Waals surface area (Å²) in [4.78, 5) is 11.2. The van der Waals surface area contributed by atoms with E-state index in [1.54, 1.807) is 0 Å². The Morgan fingerprint density at radius 3 is 2.20 bits per heavy atom. The van der Waals surface area contributed by atoms with Crippen molar-refractivity contribution < 1.29 is 4.79 Å². The van der Waals surface area contributed by atoms with Crippen molar-refractivity contribution in [2.75, 3.05) is 0 Å². The Morgan fingerprint density at radius 2 is 1.67 bits per heavy atom. The molecule has 0 aliphatic heterocycles. The Kier molecular flexibility index (Phi) is 3.11. The van der Waals surface area contributed by atoms with Gasteiger partial charge in [-0.3, -0.25) is 4.79 Å². The first-order chi connectivity index (χ1) is 7.27. The highest BCUT2D eigenvalue weighted by Gasteiger charge is 2.34. The van der Waals surface area contributed by atoms with Crippen LogP contribution in [0.3, 0.4) is 0 Å². The molecule has 0 aromatic heterocycles. The van der Waals surface area contributed by atoms with Crippen LogP contribution in [0.5, 0.6) is 0 Å². The Bertz CT molecular complexity index is 336. The standard InChI is InChI=1S/C13H14ClO/c14-12-6-4-11(5-7-12)13(10-15)8-2-1-3-9-13/h4-7H,1-3,8-9H2. The van der Waals surface area contributed by atoms with Crippen LogP contribution in [-0.4, -0.2) is 6.29 Å². The monoisotopic (exact) mass is 221 g/mol. The third kappa shape index (κ3) is 2.07. The van der Waals surface area contributed by atoms with Crippen molar-refractivity contribution in [3.8, 4) is 0 Å². The number of halogens is 1. The highest BCUT2D eigenvalue weighted by Crippen LogP contribution is 2.37. The first-order valence-corrected chi connectivity index (χ1v) is 5.80. The van der Waals surface area contributed by atoms with Gasteiger partial charge in [-0.1, -0.05) is 43.0 Å². The molecule has 0 atom stereocenters. The molecule has 1 aromatic rings. The van der Waals surface area contributed by atoms with Crippen molar-refractivity contribution >= 4 is 17.9 Å². The zero-order chi connectivity index (χ0) is 10.7. The van der Waals surface area contributed by atoms with E-state index >= 15 is 0 Å². The summed E-state index contributed by atoms with van der Waals surface area (Å²) in [5, 5.41) is 0.718. The quantitative estimate of drug-likeness (QED) is 0.745. The Morgan fingerprint density at radius 1 is 1.07 bits per heavy atom. The van der Waals surface area contributed by atoms with Gasteiger partial charge in [0.15, 0.2) is 0 Å². The third-order valence-electron chi connectivity index (χ3n) is 3.30. The van der Waals surface area contributed by atoms with Gasteiger partial charge in [0.05, 0.1) is 5.41 Å². The minimum absolute atomic E-state index is 0.358. The highest BCUT2D eigenvalue weighted by atomic mass is 35.5. The molecule has 1 saturated carbocycles. The molecular weight excluding hydrogens is 208 g/mol. The second-order valence-electron chi connectivity index (χ2n) is 4.25. The predicted octanol–water partition coefficient (Wildman–Crippen LogP) is 3.65. The number of rotatable bonds is 2. The number of hydrogen-bond acceptors (Lipinski definition) is 1. The van der Waals surface area contributed by atoms with E-state index in [1.807, 2.05) is 24.3 Å². The summed E-state index contributed by atoms with van der Waals surface area (Å²) in [6.45, 7) is 0. The first-order valence-electron chi connectivity index (χ1n) is 5.42. The van der Waals surface area contributed by atoms with Gasteiger partial charge in [0, 0.05) is 5.02 Å². The molecule has 0 unspecified atom stereocenters. The fourth-order valence-corrected chi connectivity index (χ4v) is 2.50. The number of hydrogen-bond donors (Lipinski definition) is 0. The van der Waals surface area contributed by atoms with Gasteiger partial charge in [-0.2, -0.15) is 0 Å². The van der Waals surface area contributed by atoms with Gasteiger partial charge in [-0.05, 0) is 30.5 Å². The average Bonchev–Trinajstić information content (AvgIpc) is 2.31. The molecule has 0 heterocycles. The maximum Gasteiger partial charge on any atom is 0.209 e. The van der Waals surface area contributed by atoms with Crippen LogP contribution in [0.1, 0.15) is 37.7 Å². The smallest absolute Gasteiger partial charge is 0.209 e. The van der Waals surface area contributed by atoms with Crippen LogP contribution in [0.25, 0.3) is 0 Å². The van der Waals surface area contributed by atoms with Crippen LogP contribution in [0.4, 0.5) is 0 Å². The molecule has 0 saturated heterocycles. The molecule has 1 aromatic carbocycles. The molecule has 1 radical (unpaired) electrons. The minimum Gasteiger partial charge on any atom is -0.290 e. The summed E-state index contributed by atoms with van der Waals surface area (Å²) in [5.74, 6) is 0. The lowest BCUT2D eigenvalue weighted by Crippen LogP contribution is -2.30. The molecule has 0 spiro atoms. The van der Waals surface area contributed by atoms with Gasteiger partial charge in [0.25, 0.3) is 0 Å². The molecule has 1 fully saturated rings. The van der Waals surface area contributed by atoms with Gasteiger partial charge in [-0.15, -0.1) is 0 Å². The second-order valence-corrected chi connectivity index (χ2v) is 4.69. The number of benzene rings is 1. The van der Waals surface area contributed by atoms with Crippen LogP contribution in [0.2, 0.25) is 5.02 Å². The van der Waals surface area contributed by atoms with E-state index in [0.717, 1.165) is 36.3 Å². The Balaban J connectivity index is 2.32. The van der Waals surface area contributed by atoms with Gasteiger partial charge in [0.1, 0.15) is 0 Å².